The second kappa shape index (κ2) is 3.73. The van der Waals surface area contributed by atoms with E-state index in [9.17, 15) is 0 Å². The normalized spacial score (nSPS) is 25.7. The van der Waals surface area contributed by atoms with E-state index in [0.29, 0.717) is 6.04 Å². The van der Waals surface area contributed by atoms with Gasteiger partial charge in [-0.2, -0.15) is 5.10 Å². The van der Waals surface area contributed by atoms with Gasteiger partial charge in [-0.15, -0.1) is 0 Å². The zero-order valence-electron chi connectivity index (χ0n) is 9.20. The lowest BCUT2D eigenvalue weighted by atomic mass is 10.2. The highest BCUT2D eigenvalue weighted by molar-refractivity contribution is 5.17. The maximum atomic E-state index is 4.20. The average molecular weight is 193 g/mol. The van der Waals surface area contributed by atoms with E-state index in [2.05, 4.69) is 30.3 Å². The molecular formula is C11H19N3. The summed E-state index contributed by atoms with van der Waals surface area (Å²) in [6.45, 7) is 5.54. The van der Waals surface area contributed by atoms with Crippen LogP contribution in [0.2, 0.25) is 0 Å². The number of rotatable bonds is 4. The van der Waals surface area contributed by atoms with Crippen LogP contribution in [0, 0.1) is 5.92 Å². The summed E-state index contributed by atoms with van der Waals surface area (Å²) in [5.41, 5.74) is 1.39. The molecule has 0 aromatic carbocycles. The highest BCUT2D eigenvalue weighted by Gasteiger charge is 2.39. The number of hydrogen-bond donors (Lipinski definition) is 1. The predicted octanol–water partition coefficient (Wildman–Crippen LogP) is 1.52. The van der Waals surface area contributed by atoms with Crippen molar-refractivity contribution in [3.8, 4) is 0 Å². The Morgan fingerprint density at radius 3 is 3.00 bits per heavy atom. The van der Waals surface area contributed by atoms with Gasteiger partial charge in [0.2, 0.25) is 0 Å². The van der Waals surface area contributed by atoms with E-state index in [-0.39, 0.29) is 0 Å². The zero-order chi connectivity index (χ0) is 10.1. The first-order chi connectivity index (χ1) is 6.68. The second-order valence-corrected chi connectivity index (χ2v) is 4.54. The molecule has 1 heterocycles. The van der Waals surface area contributed by atoms with Gasteiger partial charge in [-0.1, -0.05) is 13.8 Å². The first-order valence-corrected chi connectivity index (χ1v) is 5.39. The molecule has 0 bridgehead atoms. The molecule has 3 heteroatoms. The monoisotopic (exact) mass is 193 g/mol. The van der Waals surface area contributed by atoms with Crippen molar-refractivity contribution in [3.05, 3.63) is 18.0 Å². The number of aryl methyl sites for hydroxylation is 1. The van der Waals surface area contributed by atoms with Crippen molar-refractivity contribution in [3.63, 3.8) is 0 Å². The van der Waals surface area contributed by atoms with Gasteiger partial charge in [0.15, 0.2) is 0 Å². The fourth-order valence-corrected chi connectivity index (χ4v) is 1.97. The highest BCUT2D eigenvalue weighted by atomic mass is 15.3. The van der Waals surface area contributed by atoms with Crippen molar-refractivity contribution in [1.29, 1.82) is 0 Å². The summed E-state index contributed by atoms with van der Waals surface area (Å²) in [7, 11) is 2.03. The molecule has 1 saturated carbocycles. The Morgan fingerprint density at radius 1 is 1.64 bits per heavy atom. The molecule has 1 N–H and O–H groups in total. The van der Waals surface area contributed by atoms with Crippen LogP contribution in [0.5, 0.6) is 0 Å². The molecule has 2 atom stereocenters. The van der Waals surface area contributed by atoms with Crippen molar-refractivity contribution in [1.82, 2.24) is 15.1 Å². The van der Waals surface area contributed by atoms with Crippen LogP contribution in [-0.2, 0) is 7.05 Å². The molecule has 2 rings (SSSR count). The Hall–Kier alpha value is -0.830. The summed E-state index contributed by atoms with van der Waals surface area (Å²) >= 11 is 0. The van der Waals surface area contributed by atoms with Crippen LogP contribution in [0.1, 0.15) is 31.9 Å². The van der Waals surface area contributed by atoms with Gasteiger partial charge < -0.3 is 5.32 Å². The van der Waals surface area contributed by atoms with E-state index in [4.69, 9.17) is 0 Å². The topological polar surface area (TPSA) is 29.9 Å². The van der Waals surface area contributed by atoms with Crippen LogP contribution >= 0.6 is 0 Å². The third-order valence-electron chi connectivity index (χ3n) is 2.95. The predicted molar refractivity (Wildman–Crippen MR) is 57.2 cm³/mol. The van der Waals surface area contributed by atoms with Crippen LogP contribution in [-0.4, -0.2) is 22.4 Å². The summed E-state index contributed by atoms with van der Waals surface area (Å²) in [5, 5.41) is 7.69. The average Bonchev–Trinajstić information content (AvgIpc) is 2.78. The Labute approximate surface area is 85.5 Å². The Morgan fingerprint density at radius 2 is 2.43 bits per heavy atom. The Bertz CT molecular complexity index is 303. The first-order valence-electron chi connectivity index (χ1n) is 5.39. The molecule has 0 radical (unpaired) electrons. The zero-order valence-corrected chi connectivity index (χ0v) is 9.20. The minimum absolute atomic E-state index is 0.600. The van der Waals surface area contributed by atoms with E-state index in [1.54, 1.807) is 0 Å². The van der Waals surface area contributed by atoms with E-state index in [0.717, 1.165) is 18.4 Å². The molecule has 14 heavy (non-hydrogen) atoms. The van der Waals surface area contributed by atoms with Gasteiger partial charge in [-0.05, 0) is 24.9 Å². The van der Waals surface area contributed by atoms with E-state index < -0.39 is 0 Å². The van der Waals surface area contributed by atoms with Gasteiger partial charge in [-0.3, -0.25) is 4.68 Å². The van der Waals surface area contributed by atoms with Crippen LogP contribution in [0.4, 0.5) is 0 Å². The van der Waals surface area contributed by atoms with Crippen molar-refractivity contribution >= 4 is 0 Å². The van der Waals surface area contributed by atoms with E-state index in [1.165, 1.54) is 12.1 Å². The lowest BCUT2D eigenvalue weighted by Crippen LogP contribution is -2.25. The molecule has 1 aromatic rings. The molecule has 1 aliphatic rings. The molecule has 1 fully saturated rings. The molecule has 0 amide bonds. The molecule has 78 valence electrons. The molecule has 1 aromatic heterocycles. The largest absolute Gasteiger partial charge is 0.314 e. The number of aromatic nitrogens is 2. The van der Waals surface area contributed by atoms with E-state index in [1.807, 2.05) is 17.9 Å². The Kier molecular flexibility index (Phi) is 2.59. The number of nitrogens with zero attached hydrogens (tertiary/aromatic N) is 2. The van der Waals surface area contributed by atoms with E-state index >= 15 is 0 Å². The SMILES string of the molecule is CC(C)NCC1CC1c1ccnn1C. The highest BCUT2D eigenvalue weighted by Crippen LogP contribution is 2.46. The van der Waals surface area contributed by atoms with Crippen LogP contribution in [0.25, 0.3) is 0 Å². The summed E-state index contributed by atoms with van der Waals surface area (Å²) in [6, 6.07) is 2.74. The molecule has 0 spiro atoms. The molecule has 0 saturated heterocycles. The van der Waals surface area contributed by atoms with Gasteiger partial charge in [0.25, 0.3) is 0 Å². The summed E-state index contributed by atoms with van der Waals surface area (Å²) in [6.07, 6.45) is 3.21. The summed E-state index contributed by atoms with van der Waals surface area (Å²) in [4.78, 5) is 0. The van der Waals surface area contributed by atoms with Crippen LogP contribution in [0.15, 0.2) is 12.3 Å². The third kappa shape index (κ3) is 1.98. The first kappa shape index (κ1) is 9.71. The van der Waals surface area contributed by atoms with Gasteiger partial charge >= 0.3 is 0 Å². The van der Waals surface area contributed by atoms with Gasteiger partial charge in [0, 0.05) is 30.9 Å². The lowest BCUT2D eigenvalue weighted by Gasteiger charge is -2.07. The lowest BCUT2D eigenvalue weighted by molar-refractivity contribution is 0.550. The van der Waals surface area contributed by atoms with Crippen LogP contribution < -0.4 is 5.32 Å². The van der Waals surface area contributed by atoms with Crippen molar-refractivity contribution in [2.45, 2.75) is 32.2 Å². The summed E-state index contributed by atoms with van der Waals surface area (Å²) < 4.78 is 2.00. The minimum Gasteiger partial charge on any atom is -0.314 e. The maximum absolute atomic E-state index is 4.20. The Balaban J connectivity index is 1.85. The standard InChI is InChI=1S/C11H19N3/c1-8(2)12-7-9-6-10(9)11-4-5-13-14(11)3/h4-5,8-10,12H,6-7H2,1-3H3. The molecule has 1 aliphatic carbocycles. The maximum Gasteiger partial charge on any atom is 0.0492 e. The minimum atomic E-state index is 0.600. The molecule has 0 aliphatic heterocycles. The van der Waals surface area contributed by atoms with Gasteiger partial charge in [0.05, 0.1) is 0 Å². The summed E-state index contributed by atoms with van der Waals surface area (Å²) in [5.74, 6) is 1.57. The molecule has 2 unspecified atom stereocenters. The van der Waals surface area contributed by atoms with Crippen molar-refractivity contribution < 1.29 is 0 Å². The van der Waals surface area contributed by atoms with Crippen LogP contribution in [0.3, 0.4) is 0 Å². The second-order valence-electron chi connectivity index (χ2n) is 4.54. The number of nitrogens with one attached hydrogen (secondary N) is 1. The van der Waals surface area contributed by atoms with Crippen molar-refractivity contribution in [2.75, 3.05) is 6.54 Å². The van der Waals surface area contributed by atoms with Gasteiger partial charge in [-0.25, -0.2) is 0 Å². The number of hydrogen-bond acceptors (Lipinski definition) is 2. The van der Waals surface area contributed by atoms with Crippen molar-refractivity contribution in [2.24, 2.45) is 13.0 Å². The molecular weight excluding hydrogens is 174 g/mol. The quantitative estimate of drug-likeness (QED) is 0.785. The van der Waals surface area contributed by atoms with Gasteiger partial charge in [0.1, 0.15) is 0 Å². The molecule has 3 nitrogen and oxygen atoms in total. The fraction of sp³-hybridized carbons (Fsp3) is 0.727. The fourth-order valence-electron chi connectivity index (χ4n) is 1.97. The third-order valence-corrected chi connectivity index (χ3v) is 2.95. The smallest absolute Gasteiger partial charge is 0.0492 e.